The molecule has 1 heterocycles. The van der Waals surface area contributed by atoms with E-state index in [2.05, 4.69) is 10.3 Å². The van der Waals surface area contributed by atoms with Crippen molar-refractivity contribution in [2.45, 2.75) is 31.5 Å². The lowest BCUT2D eigenvalue weighted by Gasteiger charge is -2.17. The minimum atomic E-state index is -1.42. The van der Waals surface area contributed by atoms with Gasteiger partial charge in [-0.05, 0) is 23.6 Å². The summed E-state index contributed by atoms with van der Waals surface area (Å²) >= 11 is 0. The summed E-state index contributed by atoms with van der Waals surface area (Å²) in [4.78, 5) is 39.0. The van der Waals surface area contributed by atoms with Crippen LogP contribution >= 0.6 is 0 Å². The van der Waals surface area contributed by atoms with Crippen LogP contribution in [0.25, 0.3) is 10.9 Å². The van der Waals surface area contributed by atoms with Gasteiger partial charge in [-0.3, -0.25) is 9.59 Å². The number of carboxylic acid groups (broad SMARTS) is 1. The molecule has 8 heteroatoms. The summed E-state index contributed by atoms with van der Waals surface area (Å²) in [6, 6.07) is 14.2. The molecule has 3 aromatic rings. The fourth-order valence-electron chi connectivity index (χ4n) is 3.07. The molecule has 1 aromatic heterocycles. The Morgan fingerprint density at radius 1 is 1.07 bits per heavy atom. The van der Waals surface area contributed by atoms with Gasteiger partial charge in [0.1, 0.15) is 12.6 Å². The highest BCUT2D eigenvalue weighted by Gasteiger charge is 2.27. The van der Waals surface area contributed by atoms with Crippen molar-refractivity contribution in [1.82, 2.24) is 10.3 Å². The molecule has 3 rings (SSSR count). The predicted molar refractivity (Wildman–Crippen MR) is 110 cm³/mol. The van der Waals surface area contributed by atoms with E-state index in [0.717, 1.165) is 22.0 Å². The van der Waals surface area contributed by atoms with Crippen LogP contribution in [0.3, 0.4) is 0 Å². The van der Waals surface area contributed by atoms with Crippen LogP contribution in [0, 0.1) is 0 Å². The van der Waals surface area contributed by atoms with E-state index < -0.39 is 36.4 Å². The quantitative estimate of drug-likeness (QED) is 0.398. The first-order valence-corrected chi connectivity index (χ1v) is 9.47. The number of esters is 1. The summed E-state index contributed by atoms with van der Waals surface area (Å²) in [5.74, 6) is -2.71. The number of benzene rings is 2. The van der Waals surface area contributed by atoms with Crippen LogP contribution in [0.5, 0.6) is 0 Å². The zero-order valence-electron chi connectivity index (χ0n) is 16.2. The predicted octanol–water partition coefficient (Wildman–Crippen LogP) is 1.74. The van der Waals surface area contributed by atoms with Gasteiger partial charge in [0.2, 0.25) is 5.91 Å². The molecule has 0 saturated carbocycles. The number of carbonyl (C=O) groups is 3. The second kappa shape index (κ2) is 9.71. The minimum Gasteiger partial charge on any atom is -0.480 e. The number of para-hydroxylation sites is 1. The molecule has 1 amide bonds. The number of carbonyl (C=O) groups excluding carboxylic acids is 2. The number of amides is 1. The third kappa shape index (κ3) is 5.45. The van der Waals surface area contributed by atoms with Crippen LogP contribution in [0.15, 0.2) is 60.8 Å². The Kier molecular flexibility index (Phi) is 6.82. The van der Waals surface area contributed by atoms with Crippen molar-refractivity contribution in [1.29, 1.82) is 0 Å². The van der Waals surface area contributed by atoms with Gasteiger partial charge in [0.15, 0.2) is 0 Å². The maximum absolute atomic E-state index is 12.4. The van der Waals surface area contributed by atoms with E-state index in [4.69, 9.17) is 10.5 Å². The Morgan fingerprint density at radius 3 is 2.50 bits per heavy atom. The van der Waals surface area contributed by atoms with E-state index in [-0.39, 0.29) is 13.0 Å². The summed E-state index contributed by atoms with van der Waals surface area (Å²) in [5, 5.41) is 12.6. The number of aliphatic carboxylic acids is 1. The second-order valence-electron chi connectivity index (χ2n) is 6.92. The smallest absolute Gasteiger partial charge is 0.326 e. The standard InChI is InChI=1S/C22H23N3O5/c23-17(10-15-12-24-18-9-5-4-8-16(15)18)21(27)25-19(22(28)29)11-20(26)30-13-14-6-2-1-3-7-14/h1-9,12,17,19,24H,10-11,13,23H2,(H,25,27)(H,28,29)/t17-,19-/m0/s1. The molecule has 5 N–H and O–H groups in total. The number of aromatic nitrogens is 1. The lowest BCUT2D eigenvalue weighted by molar-refractivity contribution is -0.151. The van der Waals surface area contributed by atoms with Crippen molar-refractivity contribution >= 4 is 28.7 Å². The van der Waals surface area contributed by atoms with Crippen LogP contribution < -0.4 is 11.1 Å². The minimum absolute atomic E-state index is 0.0278. The van der Waals surface area contributed by atoms with Gasteiger partial charge in [0.25, 0.3) is 0 Å². The van der Waals surface area contributed by atoms with Gasteiger partial charge in [-0.25, -0.2) is 4.79 Å². The first-order valence-electron chi connectivity index (χ1n) is 9.47. The van der Waals surface area contributed by atoms with E-state index in [1.54, 1.807) is 30.5 Å². The van der Waals surface area contributed by atoms with Gasteiger partial charge in [0.05, 0.1) is 12.5 Å². The van der Waals surface area contributed by atoms with Crippen molar-refractivity contribution in [3.63, 3.8) is 0 Å². The van der Waals surface area contributed by atoms with E-state index in [1.165, 1.54) is 0 Å². The van der Waals surface area contributed by atoms with E-state index in [1.807, 2.05) is 30.3 Å². The Morgan fingerprint density at radius 2 is 1.77 bits per heavy atom. The third-order valence-electron chi connectivity index (χ3n) is 4.68. The maximum atomic E-state index is 12.4. The molecular formula is C22H23N3O5. The summed E-state index contributed by atoms with van der Waals surface area (Å²) in [5.41, 5.74) is 8.53. The number of H-pyrrole nitrogens is 1. The Labute approximate surface area is 173 Å². The molecule has 0 unspecified atom stereocenters. The van der Waals surface area contributed by atoms with E-state index in [0.29, 0.717) is 0 Å². The lowest BCUT2D eigenvalue weighted by Crippen LogP contribution is -2.50. The lowest BCUT2D eigenvalue weighted by atomic mass is 10.0. The molecule has 0 aliphatic carbocycles. The molecule has 0 fully saturated rings. The molecule has 0 saturated heterocycles. The van der Waals surface area contributed by atoms with Crippen molar-refractivity contribution in [3.05, 3.63) is 71.9 Å². The number of nitrogens with one attached hydrogen (secondary N) is 2. The highest BCUT2D eigenvalue weighted by molar-refractivity contribution is 5.90. The summed E-state index contributed by atoms with van der Waals surface area (Å²) in [6.45, 7) is 0.0278. The van der Waals surface area contributed by atoms with Gasteiger partial charge >= 0.3 is 11.9 Å². The molecule has 0 spiro atoms. The van der Waals surface area contributed by atoms with Crippen molar-refractivity contribution < 1.29 is 24.2 Å². The number of ether oxygens (including phenoxy) is 1. The summed E-state index contributed by atoms with van der Waals surface area (Å²) < 4.78 is 5.10. The first-order chi connectivity index (χ1) is 14.4. The number of nitrogens with two attached hydrogens (primary N) is 1. The molecule has 8 nitrogen and oxygen atoms in total. The van der Waals surface area contributed by atoms with Gasteiger partial charge in [-0.1, -0.05) is 48.5 Å². The van der Waals surface area contributed by atoms with Crippen LogP contribution in [-0.2, 0) is 32.1 Å². The van der Waals surface area contributed by atoms with Crippen molar-refractivity contribution in [2.24, 2.45) is 5.73 Å². The van der Waals surface area contributed by atoms with E-state index >= 15 is 0 Å². The number of fused-ring (bicyclic) bond motifs is 1. The third-order valence-corrected chi connectivity index (χ3v) is 4.68. The fraction of sp³-hybridized carbons (Fsp3) is 0.227. The van der Waals surface area contributed by atoms with Crippen LogP contribution in [-0.4, -0.2) is 40.0 Å². The molecular weight excluding hydrogens is 386 g/mol. The number of rotatable bonds is 9. The number of hydrogen-bond donors (Lipinski definition) is 4. The molecule has 0 aliphatic heterocycles. The van der Waals surface area contributed by atoms with Crippen LogP contribution in [0.4, 0.5) is 0 Å². The van der Waals surface area contributed by atoms with Crippen molar-refractivity contribution in [3.8, 4) is 0 Å². The number of aromatic amines is 1. The highest BCUT2D eigenvalue weighted by Crippen LogP contribution is 2.18. The fourth-order valence-corrected chi connectivity index (χ4v) is 3.07. The average Bonchev–Trinajstić information content (AvgIpc) is 3.15. The highest BCUT2D eigenvalue weighted by atomic mass is 16.5. The molecule has 0 radical (unpaired) electrons. The monoisotopic (exact) mass is 409 g/mol. The topological polar surface area (TPSA) is 135 Å². The zero-order valence-corrected chi connectivity index (χ0v) is 16.2. The van der Waals surface area contributed by atoms with Gasteiger partial charge in [-0.2, -0.15) is 0 Å². The Hall–Kier alpha value is -3.65. The van der Waals surface area contributed by atoms with Gasteiger partial charge < -0.3 is 25.9 Å². The molecule has 0 aliphatic rings. The summed E-state index contributed by atoms with van der Waals surface area (Å²) in [6.07, 6.45) is 1.50. The molecule has 0 bridgehead atoms. The Balaban J connectivity index is 1.55. The van der Waals surface area contributed by atoms with Gasteiger partial charge in [0, 0.05) is 17.1 Å². The largest absolute Gasteiger partial charge is 0.480 e. The first kappa shape index (κ1) is 21.1. The Bertz CT molecular complexity index is 1030. The van der Waals surface area contributed by atoms with Gasteiger partial charge in [-0.15, -0.1) is 0 Å². The molecule has 156 valence electrons. The SMILES string of the molecule is N[C@@H](Cc1c[nH]c2ccccc12)C(=O)N[C@@H](CC(=O)OCc1ccccc1)C(=O)O. The molecule has 2 atom stereocenters. The van der Waals surface area contributed by atoms with E-state index in [9.17, 15) is 19.5 Å². The number of hydrogen-bond acceptors (Lipinski definition) is 5. The van der Waals surface area contributed by atoms with Crippen LogP contribution in [0.1, 0.15) is 17.5 Å². The molecule has 2 aromatic carbocycles. The zero-order chi connectivity index (χ0) is 21.5. The maximum Gasteiger partial charge on any atom is 0.326 e. The van der Waals surface area contributed by atoms with Crippen molar-refractivity contribution in [2.75, 3.05) is 0 Å². The second-order valence-corrected chi connectivity index (χ2v) is 6.92. The van der Waals surface area contributed by atoms with Crippen LogP contribution in [0.2, 0.25) is 0 Å². The average molecular weight is 409 g/mol. The number of carboxylic acids is 1. The normalized spacial score (nSPS) is 12.8. The molecule has 30 heavy (non-hydrogen) atoms. The summed E-state index contributed by atoms with van der Waals surface area (Å²) in [7, 11) is 0.